The van der Waals surface area contributed by atoms with Gasteiger partial charge in [-0.25, -0.2) is 0 Å². The van der Waals surface area contributed by atoms with Crippen molar-refractivity contribution in [1.82, 2.24) is 0 Å². The number of carbonyl (C=O) groups excluding carboxylic acids is 1. The molecular weight excluding hydrogens is 256 g/mol. The van der Waals surface area contributed by atoms with Crippen LogP contribution < -0.4 is 0 Å². The molecule has 0 N–H and O–H groups in total. The lowest BCUT2D eigenvalue weighted by Gasteiger charge is -2.12. The number of benzene rings is 1. The molecule has 1 aromatic carbocycles. The summed E-state index contributed by atoms with van der Waals surface area (Å²) in [6, 6.07) is 8.36. The minimum atomic E-state index is 0.223. The Balaban J connectivity index is 3.36. The Labute approximate surface area is 129 Å². The molecule has 1 heteroatoms. The van der Waals surface area contributed by atoms with Gasteiger partial charge in [0.15, 0.2) is 5.78 Å². The lowest BCUT2D eigenvalue weighted by Crippen LogP contribution is -2.00. The van der Waals surface area contributed by atoms with Crippen LogP contribution >= 0.6 is 0 Å². The average molecular weight is 282 g/mol. The molecular formula is C20H26O. The first kappa shape index (κ1) is 17.2. The lowest BCUT2D eigenvalue weighted by molar-refractivity contribution is -0.115. The standard InChI is InChI=1S/C20H26O/c1-6-11-20(21)16(5)14-19(15(4)7-2)18-13-10-9-12-17(18)8-3/h7,9-10,12-14H,2,6,8,11H2,1,3-5H3/b16-14+,19-15+. The van der Waals surface area contributed by atoms with Gasteiger partial charge in [0, 0.05) is 6.42 Å². The van der Waals surface area contributed by atoms with Gasteiger partial charge >= 0.3 is 0 Å². The highest BCUT2D eigenvalue weighted by Gasteiger charge is 2.09. The van der Waals surface area contributed by atoms with Gasteiger partial charge in [0.1, 0.15) is 0 Å². The summed E-state index contributed by atoms with van der Waals surface area (Å²) in [6.45, 7) is 12.0. The Morgan fingerprint density at radius 1 is 1.19 bits per heavy atom. The molecule has 0 saturated heterocycles. The van der Waals surface area contributed by atoms with Crippen molar-refractivity contribution in [3.05, 3.63) is 65.3 Å². The molecule has 1 nitrogen and oxygen atoms in total. The minimum Gasteiger partial charge on any atom is -0.295 e. The molecule has 1 aromatic rings. The van der Waals surface area contributed by atoms with Crippen molar-refractivity contribution in [2.45, 2.75) is 47.0 Å². The molecule has 0 aliphatic carbocycles. The third-order valence-corrected chi connectivity index (χ3v) is 3.70. The molecule has 0 radical (unpaired) electrons. The van der Waals surface area contributed by atoms with Crippen molar-refractivity contribution >= 4 is 11.4 Å². The van der Waals surface area contributed by atoms with Crippen molar-refractivity contribution in [1.29, 1.82) is 0 Å². The summed E-state index contributed by atoms with van der Waals surface area (Å²) in [4.78, 5) is 12.1. The number of Topliss-reactive ketones (excluding diaryl/α,β-unsaturated/α-hetero) is 1. The molecule has 0 aliphatic heterocycles. The second kappa shape index (κ2) is 8.41. The van der Waals surface area contributed by atoms with Crippen LogP contribution in [0.1, 0.15) is 51.7 Å². The van der Waals surface area contributed by atoms with E-state index in [2.05, 4.69) is 31.7 Å². The number of hydrogen-bond acceptors (Lipinski definition) is 1. The first-order valence-electron chi connectivity index (χ1n) is 7.68. The largest absolute Gasteiger partial charge is 0.295 e. The number of hydrogen-bond donors (Lipinski definition) is 0. The fraction of sp³-hybridized carbons (Fsp3) is 0.350. The van der Waals surface area contributed by atoms with Gasteiger partial charge in [-0.3, -0.25) is 4.79 Å². The Kier molecular flexibility index (Phi) is 6.87. The lowest BCUT2D eigenvalue weighted by atomic mass is 9.92. The maximum Gasteiger partial charge on any atom is 0.158 e. The zero-order valence-corrected chi connectivity index (χ0v) is 13.7. The van der Waals surface area contributed by atoms with E-state index in [4.69, 9.17) is 0 Å². The third kappa shape index (κ3) is 4.56. The fourth-order valence-corrected chi connectivity index (χ4v) is 2.33. The molecule has 1 rings (SSSR count). The Hall–Kier alpha value is -1.89. The van der Waals surface area contributed by atoms with Gasteiger partial charge < -0.3 is 0 Å². The van der Waals surface area contributed by atoms with Gasteiger partial charge in [-0.2, -0.15) is 0 Å². The normalized spacial score (nSPS) is 12.9. The summed E-state index contributed by atoms with van der Waals surface area (Å²) in [5, 5.41) is 0. The first-order valence-corrected chi connectivity index (χ1v) is 7.68. The second-order valence-corrected chi connectivity index (χ2v) is 5.31. The van der Waals surface area contributed by atoms with E-state index in [1.165, 1.54) is 11.1 Å². The van der Waals surface area contributed by atoms with Crippen LogP contribution in [0, 0.1) is 0 Å². The molecule has 0 aromatic heterocycles. The van der Waals surface area contributed by atoms with Gasteiger partial charge in [0.05, 0.1) is 0 Å². The van der Waals surface area contributed by atoms with Crippen molar-refractivity contribution in [2.75, 3.05) is 0 Å². The Bertz CT molecular complexity index is 573. The molecule has 112 valence electrons. The predicted octanol–water partition coefficient (Wildman–Crippen LogP) is 5.52. The third-order valence-electron chi connectivity index (χ3n) is 3.70. The van der Waals surface area contributed by atoms with Crippen LogP contribution in [0.3, 0.4) is 0 Å². The number of rotatable bonds is 7. The molecule has 0 heterocycles. The fourth-order valence-electron chi connectivity index (χ4n) is 2.33. The monoisotopic (exact) mass is 282 g/mol. The van der Waals surface area contributed by atoms with Crippen LogP contribution in [0.25, 0.3) is 5.57 Å². The topological polar surface area (TPSA) is 17.1 Å². The average Bonchev–Trinajstić information content (AvgIpc) is 2.51. The smallest absolute Gasteiger partial charge is 0.158 e. The molecule has 0 spiro atoms. The molecule has 21 heavy (non-hydrogen) atoms. The van der Waals surface area contributed by atoms with E-state index in [1.54, 1.807) is 0 Å². The van der Waals surface area contributed by atoms with Gasteiger partial charge in [0.25, 0.3) is 0 Å². The van der Waals surface area contributed by atoms with Gasteiger partial charge in [-0.1, -0.05) is 50.8 Å². The number of allylic oxidation sites excluding steroid dienone is 5. The van der Waals surface area contributed by atoms with E-state index >= 15 is 0 Å². The van der Waals surface area contributed by atoms with Crippen molar-refractivity contribution < 1.29 is 4.79 Å². The Morgan fingerprint density at radius 3 is 2.43 bits per heavy atom. The quantitative estimate of drug-likeness (QED) is 0.475. The van der Waals surface area contributed by atoms with Crippen LogP contribution in [-0.2, 0) is 11.2 Å². The van der Waals surface area contributed by atoms with E-state index in [0.29, 0.717) is 6.42 Å². The predicted molar refractivity (Wildman–Crippen MR) is 92.3 cm³/mol. The first-order chi connectivity index (χ1) is 10.0. The molecule has 0 unspecified atom stereocenters. The van der Waals surface area contributed by atoms with Crippen molar-refractivity contribution in [2.24, 2.45) is 0 Å². The van der Waals surface area contributed by atoms with Crippen LogP contribution in [0.2, 0.25) is 0 Å². The van der Waals surface area contributed by atoms with Gasteiger partial charge in [-0.15, -0.1) is 0 Å². The van der Waals surface area contributed by atoms with Crippen LogP contribution in [0.15, 0.2) is 54.1 Å². The summed E-state index contributed by atoms with van der Waals surface area (Å²) in [5.74, 6) is 0.223. The zero-order valence-electron chi connectivity index (χ0n) is 13.7. The second-order valence-electron chi connectivity index (χ2n) is 5.31. The number of ketones is 1. The highest BCUT2D eigenvalue weighted by Crippen LogP contribution is 2.26. The highest BCUT2D eigenvalue weighted by molar-refractivity contribution is 5.98. The van der Waals surface area contributed by atoms with Crippen molar-refractivity contribution in [3.8, 4) is 0 Å². The minimum absolute atomic E-state index is 0.223. The Morgan fingerprint density at radius 2 is 1.86 bits per heavy atom. The molecule has 0 atom stereocenters. The SMILES string of the molecule is C=C/C(C)=C(\C=C(/C)C(=O)CCC)c1ccccc1CC. The maximum absolute atomic E-state index is 12.1. The van der Waals surface area contributed by atoms with Crippen LogP contribution in [0.4, 0.5) is 0 Å². The summed E-state index contributed by atoms with van der Waals surface area (Å²) in [6.07, 6.45) is 6.34. The van der Waals surface area contributed by atoms with Crippen LogP contribution in [0.5, 0.6) is 0 Å². The van der Waals surface area contributed by atoms with Gasteiger partial charge in [-0.05, 0) is 60.6 Å². The van der Waals surface area contributed by atoms with Crippen LogP contribution in [-0.4, -0.2) is 5.78 Å². The summed E-state index contributed by atoms with van der Waals surface area (Å²) < 4.78 is 0. The van der Waals surface area contributed by atoms with E-state index in [0.717, 1.165) is 29.6 Å². The van der Waals surface area contributed by atoms with E-state index in [-0.39, 0.29) is 5.78 Å². The molecule has 0 saturated carbocycles. The van der Waals surface area contributed by atoms with E-state index < -0.39 is 0 Å². The molecule has 0 bridgehead atoms. The molecule has 0 fully saturated rings. The highest BCUT2D eigenvalue weighted by atomic mass is 16.1. The summed E-state index contributed by atoms with van der Waals surface area (Å²) in [7, 11) is 0. The maximum atomic E-state index is 12.1. The summed E-state index contributed by atoms with van der Waals surface area (Å²) in [5.41, 5.74) is 5.50. The van der Waals surface area contributed by atoms with Crippen molar-refractivity contribution in [3.63, 3.8) is 0 Å². The molecule has 0 aliphatic rings. The zero-order chi connectivity index (χ0) is 15.8. The summed E-state index contributed by atoms with van der Waals surface area (Å²) >= 11 is 0. The van der Waals surface area contributed by atoms with E-state index in [9.17, 15) is 4.79 Å². The van der Waals surface area contributed by atoms with Gasteiger partial charge in [0.2, 0.25) is 0 Å². The number of carbonyl (C=O) groups is 1. The van der Waals surface area contributed by atoms with E-state index in [1.807, 2.05) is 39.0 Å². The number of aryl methyl sites for hydroxylation is 1. The molecule has 0 amide bonds.